The molecule has 8 nitrogen and oxygen atoms in total. The Kier molecular flexibility index (Phi) is 6.18. The lowest BCUT2D eigenvalue weighted by Crippen LogP contribution is -2.60. The molecular weight excluding hydrogens is 462 g/mol. The third-order valence-electron chi connectivity index (χ3n) is 6.66. The van der Waals surface area contributed by atoms with Gasteiger partial charge >= 0.3 is 6.09 Å². The van der Waals surface area contributed by atoms with Gasteiger partial charge in [-0.2, -0.15) is 4.98 Å². The number of amides is 1. The van der Waals surface area contributed by atoms with E-state index in [0.717, 1.165) is 74.7 Å². The molecule has 1 amide bonds. The van der Waals surface area contributed by atoms with Crippen molar-refractivity contribution < 1.29 is 14.3 Å². The lowest BCUT2D eigenvalue weighted by atomic mass is 9.72. The van der Waals surface area contributed by atoms with Crippen molar-refractivity contribution in [1.82, 2.24) is 19.8 Å². The number of thiophene rings is 1. The summed E-state index contributed by atoms with van der Waals surface area (Å²) in [6.07, 6.45) is 1.89. The monoisotopic (exact) mass is 493 g/mol. The van der Waals surface area contributed by atoms with Gasteiger partial charge in [0.2, 0.25) is 5.28 Å². The van der Waals surface area contributed by atoms with Gasteiger partial charge in [0.15, 0.2) is 5.82 Å². The molecule has 2 aromatic heterocycles. The van der Waals surface area contributed by atoms with Crippen LogP contribution in [0.2, 0.25) is 5.28 Å². The van der Waals surface area contributed by atoms with E-state index >= 15 is 0 Å². The molecule has 3 aliphatic rings. The van der Waals surface area contributed by atoms with Gasteiger partial charge in [-0.1, -0.05) is 0 Å². The number of carbonyl (C=O) groups excluding carboxylic acids is 1. The summed E-state index contributed by atoms with van der Waals surface area (Å²) in [4.78, 5) is 29.3. The predicted octanol–water partition coefficient (Wildman–Crippen LogP) is 4.01. The fraction of sp³-hybridized carbons (Fsp3) is 0.696. The lowest BCUT2D eigenvalue weighted by Gasteiger charge is -2.54. The summed E-state index contributed by atoms with van der Waals surface area (Å²) in [5.74, 6) is 0.930. The second kappa shape index (κ2) is 8.83. The molecule has 0 radical (unpaired) electrons. The average molecular weight is 494 g/mol. The summed E-state index contributed by atoms with van der Waals surface area (Å²) >= 11 is 8.01. The van der Waals surface area contributed by atoms with Gasteiger partial charge in [0, 0.05) is 50.7 Å². The van der Waals surface area contributed by atoms with E-state index in [9.17, 15) is 4.79 Å². The third-order valence-corrected chi connectivity index (χ3v) is 7.94. The van der Waals surface area contributed by atoms with E-state index in [0.29, 0.717) is 23.9 Å². The van der Waals surface area contributed by atoms with Gasteiger partial charge in [0.1, 0.15) is 5.60 Å². The normalized spacial score (nSPS) is 21.5. The molecule has 0 saturated carbocycles. The fourth-order valence-corrected chi connectivity index (χ4v) is 6.37. The van der Waals surface area contributed by atoms with Crippen molar-refractivity contribution in [3.63, 3.8) is 0 Å². The first kappa shape index (κ1) is 23.1. The van der Waals surface area contributed by atoms with E-state index in [4.69, 9.17) is 21.1 Å². The first-order valence-corrected chi connectivity index (χ1v) is 12.9. The van der Waals surface area contributed by atoms with E-state index in [1.807, 2.05) is 25.7 Å². The minimum atomic E-state index is -0.444. The standard InChI is InChI=1S/C23H32ClN5O3S/c1-22(2,3)32-21(30)29-6-4-23(5-7-29)14-27(15-23)13-16-12-17-18(33-16)19(26-20(24)25-17)28-8-10-31-11-9-28/h12H,4-11,13-15H2,1-3H3. The summed E-state index contributed by atoms with van der Waals surface area (Å²) in [6.45, 7) is 13.4. The topological polar surface area (TPSA) is 71.0 Å². The number of anilines is 1. The van der Waals surface area contributed by atoms with Crippen LogP contribution in [0, 0.1) is 5.41 Å². The van der Waals surface area contributed by atoms with E-state index in [1.165, 1.54) is 4.88 Å². The van der Waals surface area contributed by atoms with Crippen LogP contribution in [0.5, 0.6) is 0 Å². The molecule has 10 heteroatoms. The highest BCUT2D eigenvalue weighted by Gasteiger charge is 2.45. The molecule has 180 valence electrons. The molecule has 3 fully saturated rings. The molecule has 3 saturated heterocycles. The van der Waals surface area contributed by atoms with Gasteiger partial charge in [-0.3, -0.25) is 4.90 Å². The van der Waals surface area contributed by atoms with Crippen LogP contribution in [0.25, 0.3) is 10.2 Å². The number of carbonyl (C=O) groups is 1. The Morgan fingerprint density at radius 3 is 2.55 bits per heavy atom. The number of hydrogen-bond acceptors (Lipinski definition) is 8. The summed E-state index contributed by atoms with van der Waals surface area (Å²) in [6, 6.07) is 2.16. The van der Waals surface area contributed by atoms with Crippen LogP contribution in [0.1, 0.15) is 38.5 Å². The summed E-state index contributed by atoms with van der Waals surface area (Å²) in [5, 5.41) is 0.299. The molecule has 0 unspecified atom stereocenters. The molecule has 0 aromatic carbocycles. The number of morpholine rings is 1. The van der Waals surface area contributed by atoms with E-state index < -0.39 is 5.60 Å². The van der Waals surface area contributed by atoms with Gasteiger partial charge in [-0.25, -0.2) is 9.78 Å². The lowest BCUT2D eigenvalue weighted by molar-refractivity contribution is -0.0546. The zero-order valence-electron chi connectivity index (χ0n) is 19.6. The van der Waals surface area contributed by atoms with E-state index in [-0.39, 0.29) is 6.09 Å². The van der Waals surface area contributed by atoms with Gasteiger partial charge in [0.05, 0.1) is 23.4 Å². The van der Waals surface area contributed by atoms with Crippen LogP contribution >= 0.6 is 22.9 Å². The molecule has 0 aliphatic carbocycles. The Labute approximate surface area is 203 Å². The number of halogens is 1. The first-order chi connectivity index (χ1) is 15.7. The second-order valence-corrected chi connectivity index (χ2v) is 11.9. The van der Waals surface area contributed by atoms with Crippen LogP contribution in [0.3, 0.4) is 0 Å². The summed E-state index contributed by atoms with van der Waals surface area (Å²) in [7, 11) is 0. The van der Waals surface area contributed by atoms with Crippen LogP contribution in [0.4, 0.5) is 10.6 Å². The van der Waals surface area contributed by atoms with Crippen molar-refractivity contribution in [2.75, 3.05) is 57.4 Å². The number of hydrogen-bond donors (Lipinski definition) is 0. The number of nitrogens with zero attached hydrogens (tertiary/aromatic N) is 5. The number of ether oxygens (including phenoxy) is 2. The van der Waals surface area contributed by atoms with Gasteiger partial charge in [-0.15, -0.1) is 11.3 Å². The minimum Gasteiger partial charge on any atom is -0.444 e. The van der Waals surface area contributed by atoms with Crippen LogP contribution in [-0.2, 0) is 16.0 Å². The zero-order valence-corrected chi connectivity index (χ0v) is 21.2. The van der Waals surface area contributed by atoms with Crippen molar-refractivity contribution in [2.24, 2.45) is 5.41 Å². The Bertz CT molecular complexity index is 1020. The molecular formula is C23H32ClN5O3S. The second-order valence-electron chi connectivity index (χ2n) is 10.5. The quantitative estimate of drug-likeness (QED) is 0.598. The highest BCUT2D eigenvalue weighted by atomic mass is 35.5. The number of likely N-dealkylation sites (tertiary alicyclic amines) is 2. The molecule has 0 bridgehead atoms. The predicted molar refractivity (Wildman–Crippen MR) is 130 cm³/mol. The highest BCUT2D eigenvalue weighted by Crippen LogP contribution is 2.42. The zero-order chi connectivity index (χ0) is 23.2. The maximum absolute atomic E-state index is 12.4. The van der Waals surface area contributed by atoms with Crippen molar-refractivity contribution in [3.8, 4) is 0 Å². The van der Waals surface area contributed by atoms with Crippen LogP contribution < -0.4 is 4.90 Å². The van der Waals surface area contributed by atoms with Gasteiger partial charge < -0.3 is 19.3 Å². The number of aromatic nitrogens is 2. The van der Waals surface area contributed by atoms with Crippen molar-refractivity contribution in [3.05, 3.63) is 16.2 Å². The van der Waals surface area contributed by atoms with Gasteiger partial charge in [0.25, 0.3) is 0 Å². The Morgan fingerprint density at radius 2 is 1.88 bits per heavy atom. The molecule has 1 spiro atoms. The summed E-state index contributed by atoms with van der Waals surface area (Å²) in [5.41, 5.74) is 0.814. The minimum absolute atomic E-state index is 0.186. The number of rotatable bonds is 3. The molecule has 33 heavy (non-hydrogen) atoms. The Hall–Kier alpha value is -1.68. The molecule has 5 rings (SSSR count). The number of fused-ring (bicyclic) bond motifs is 1. The smallest absolute Gasteiger partial charge is 0.410 e. The maximum atomic E-state index is 12.4. The maximum Gasteiger partial charge on any atom is 0.410 e. The van der Waals surface area contributed by atoms with Crippen LogP contribution in [0.15, 0.2) is 6.07 Å². The number of piperidine rings is 1. The third kappa shape index (κ3) is 5.06. The fourth-order valence-electron chi connectivity index (χ4n) is 5.04. The van der Waals surface area contributed by atoms with E-state index in [2.05, 4.69) is 25.8 Å². The van der Waals surface area contributed by atoms with Crippen molar-refractivity contribution >= 4 is 45.1 Å². The Morgan fingerprint density at radius 1 is 1.18 bits per heavy atom. The highest BCUT2D eigenvalue weighted by molar-refractivity contribution is 7.19. The molecule has 3 aliphatic heterocycles. The van der Waals surface area contributed by atoms with Gasteiger partial charge in [-0.05, 0) is 56.7 Å². The largest absolute Gasteiger partial charge is 0.444 e. The van der Waals surface area contributed by atoms with Crippen molar-refractivity contribution in [2.45, 2.75) is 45.8 Å². The molecule has 5 heterocycles. The molecule has 2 aromatic rings. The first-order valence-electron chi connectivity index (χ1n) is 11.7. The Balaban J connectivity index is 1.19. The molecule has 0 N–H and O–H groups in total. The van der Waals surface area contributed by atoms with Crippen LogP contribution in [-0.4, -0.2) is 83.9 Å². The SMILES string of the molecule is CC(C)(C)OC(=O)N1CCC2(CC1)CN(Cc1cc3nc(Cl)nc(N4CCOCC4)c3s1)C2. The summed E-state index contributed by atoms with van der Waals surface area (Å²) < 4.78 is 12.1. The average Bonchev–Trinajstić information content (AvgIpc) is 3.14. The molecule has 0 atom stereocenters. The van der Waals surface area contributed by atoms with E-state index in [1.54, 1.807) is 11.3 Å². The van der Waals surface area contributed by atoms with Crippen molar-refractivity contribution in [1.29, 1.82) is 0 Å².